The van der Waals surface area contributed by atoms with Gasteiger partial charge in [-0.15, -0.1) is 5.10 Å². The molecule has 25 heavy (non-hydrogen) atoms. The molecule has 0 atom stereocenters. The van der Waals surface area contributed by atoms with Crippen molar-refractivity contribution in [2.45, 2.75) is 26.2 Å². The van der Waals surface area contributed by atoms with Crippen LogP contribution < -0.4 is 10.5 Å². The van der Waals surface area contributed by atoms with Crippen molar-refractivity contribution < 1.29 is 9.15 Å². The number of rotatable bonds is 7. The molecule has 2 aromatic carbocycles. The van der Waals surface area contributed by atoms with Gasteiger partial charge < -0.3 is 9.15 Å². The van der Waals surface area contributed by atoms with Crippen LogP contribution in [0, 0.1) is 0 Å². The van der Waals surface area contributed by atoms with E-state index in [2.05, 4.69) is 12.0 Å². The van der Waals surface area contributed by atoms with Crippen LogP contribution in [0.15, 0.2) is 57.7 Å². The van der Waals surface area contributed by atoms with E-state index >= 15 is 0 Å². The molecule has 0 saturated carbocycles. The Labute approximate surface area is 150 Å². The van der Waals surface area contributed by atoms with Gasteiger partial charge in [0, 0.05) is 0 Å². The highest BCUT2D eigenvalue weighted by Gasteiger charge is 2.12. The summed E-state index contributed by atoms with van der Waals surface area (Å²) in [6.45, 7) is 2.84. The number of aromatic nitrogens is 2. The first kappa shape index (κ1) is 17.3. The third kappa shape index (κ3) is 4.31. The van der Waals surface area contributed by atoms with Gasteiger partial charge in [-0.05, 0) is 36.2 Å². The molecular weight excluding hydrogens is 340 g/mol. The second-order valence-corrected chi connectivity index (χ2v) is 6.05. The van der Waals surface area contributed by atoms with Crippen molar-refractivity contribution in [3.8, 4) is 11.4 Å². The average molecular weight is 359 g/mol. The molecule has 0 N–H and O–H groups in total. The van der Waals surface area contributed by atoms with Gasteiger partial charge in [0.15, 0.2) is 0 Å². The zero-order valence-corrected chi connectivity index (χ0v) is 14.7. The standard InChI is InChI=1S/C19H19ClN2O3/c1-2-3-12-24-15-10-8-14(9-11-15)13-18-21-22(19(23)25-18)17-7-5-4-6-16(17)20/h4-11H,2-3,12-13H2,1H3. The van der Waals surface area contributed by atoms with E-state index in [0.29, 0.717) is 29.6 Å². The molecule has 130 valence electrons. The van der Waals surface area contributed by atoms with Crippen LogP contribution in [0.5, 0.6) is 5.75 Å². The van der Waals surface area contributed by atoms with Crippen molar-refractivity contribution in [2.24, 2.45) is 0 Å². The van der Waals surface area contributed by atoms with Gasteiger partial charge in [-0.2, -0.15) is 4.68 Å². The maximum absolute atomic E-state index is 12.0. The molecular formula is C19H19ClN2O3. The lowest BCUT2D eigenvalue weighted by Gasteiger charge is -2.05. The normalized spacial score (nSPS) is 10.8. The minimum Gasteiger partial charge on any atom is -0.494 e. The first-order chi connectivity index (χ1) is 12.2. The maximum atomic E-state index is 12.0. The predicted molar refractivity (Wildman–Crippen MR) is 96.8 cm³/mol. The molecule has 0 aliphatic carbocycles. The molecule has 3 aromatic rings. The number of nitrogens with zero attached hydrogens (tertiary/aromatic N) is 2. The Morgan fingerprint density at radius 2 is 1.92 bits per heavy atom. The third-order valence-electron chi connectivity index (χ3n) is 3.72. The maximum Gasteiger partial charge on any atom is 0.442 e. The van der Waals surface area contributed by atoms with Crippen LogP contribution in [0.25, 0.3) is 5.69 Å². The first-order valence-corrected chi connectivity index (χ1v) is 8.61. The first-order valence-electron chi connectivity index (χ1n) is 8.23. The van der Waals surface area contributed by atoms with Crippen LogP contribution in [-0.2, 0) is 6.42 Å². The summed E-state index contributed by atoms with van der Waals surface area (Å²) in [6, 6.07) is 14.7. The monoisotopic (exact) mass is 358 g/mol. The van der Waals surface area contributed by atoms with E-state index in [1.54, 1.807) is 24.3 Å². The number of para-hydroxylation sites is 1. The van der Waals surface area contributed by atoms with E-state index in [1.165, 1.54) is 4.68 Å². The number of hydrogen-bond acceptors (Lipinski definition) is 4. The van der Waals surface area contributed by atoms with Gasteiger partial charge in [-0.1, -0.05) is 49.2 Å². The average Bonchev–Trinajstić information content (AvgIpc) is 2.97. The number of hydrogen-bond donors (Lipinski definition) is 0. The molecule has 0 radical (unpaired) electrons. The molecule has 0 spiro atoms. The zero-order chi connectivity index (χ0) is 17.6. The topological polar surface area (TPSA) is 57.3 Å². The SMILES string of the molecule is CCCCOc1ccc(Cc2nn(-c3ccccc3Cl)c(=O)o2)cc1. The Morgan fingerprint density at radius 3 is 2.64 bits per heavy atom. The van der Waals surface area contributed by atoms with Crippen molar-refractivity contribution in [1.82, 2.24) is 9.78 Å². The number of ether oxygens (including phenoxy) is 1. The second-order valence-electron chi connectivity index (χ2n) is 5.65. The lowest BCUT2D eigenvalue weighted by molar-refractivity contribution is 0.309. The Kier molecular flexibility index (Phi) is 5.56. The van der Waals surface area contributed by atoms with Crippen LogP contribution in [0.1, 0.15) is 31.2 Å². The molecule has 1 aromatic heterocycles. The van der Waals surface area contributed by atoms with Gasteiger partial charge in [0.25, 0.3) is 0 Å². The molecule has 0 aliphatic heterocycles. The Hall–Kier alpha value is -2.53. The second kappa shape index (κ2) is 8.03. The molecule has 0 aliphatic rings. The molecule has 0 saturated heterocycles. The predicted octanol–water partition coefficient (Wildman–Crippen LogP) is 4.25. The van der Waals surface area contributed by atoms with Crippen LogP contribution in [0.4, 0.5) is 0 Å². The molecule has 6 heteroatoms. The molecule has 0 amide bonds. The fraction of sp³-hybridized carbons (Fsp3) is 0.263. The molecule has 5 nitrogen and oxygen atoms in total. The van der Waals surface area contributed by atoms with Crippen LogP contribution in [0.2, 0.25) is 5.02 Å². The highest BCUT2D eigenvalue weighted by atomic mass is 35.5. The van der Waals surface area contributed by atoms with Gasteiger partial charge in [0.2, 0.25) is 5.89 Å². The van der Waals surface area contributed by atoms with E-state index in [-0.39, 0.29) is 0 Å². The summed E-state index contributed by atoms with van der Waals surface area (Å²) in [5.41, 5.74) is 1.49. The quantitative estimate of drug-likeness (QED) is 0.592. The highest BCUT2D eigenvalue weighted by Crippen LogP contribution is 2.19. The minimum atomic E-state index is -0.553. The van der Waals surface area contributed by atoms with E-state index < -0.39 is 5.76 Å². The Morgan fingerprint density at radius 1 is 1.16 bits per heavy atom. The molecule has 1 heterocycles. The van der Waals surface area contributed by atoms with Gasteiger partial charge in [-0.3, -0.25) is 0 Å². The van der Waals surface area contributed by atoms with Crippen molar-refractivity contribution in [3.05, 3.63) is 75.6 Å². The Bertz CT molecular complexity index is 884. The van der Waals surface area contributed by atoms with E-state index in [4.69, 9.17) is 20.8 Å². The number of benzene rings is 2. The summed E-state index contributed by atoms with van der Waals surface area (Å²) >= 11 is 6.11. The molecule has 0 bridgehead atoms. The van der Waals surface area contributed by atoms with Crippen LogP contribution in [0.3, 0.4) is 0 Å². The number of halogens is 1. The lowest BCUT2D eigenvalue weighted by Crippen LogP contribution is -2.13. The summed E-state index contributed by atoms with van der Waals surface area (Å²) in [5.74, 6) is 0.618. The summed E-state index contributed by atoms with van der Waals surface area (Å²) < 4.78 is 12.1. The Balaban J connectivity index is 1.73. The number of unbranched alkanes of at least 4 members (excludes halogenated alkanes) is 1. The molecule has 3 rings (SSSR count). The highest BCUT2D eigenvalue weighted by molar-refractivity contribution is 6.32. The van der Waals surface area contributed by atoms with Crippen LogP contribution >= 0.6 is 11.6 Å². The van der Waals surface area contributed by atoms with Gasteiger partial charge >= 0.3 is 5.76 Å². The molecule has 0 unspecified atom stereocenters. The van der Waals surface area contributed by atoms with Gasteiger partial charge in [0.1, 0.15) is 5.75 Å². The lowest BCUT2D eigenvalue weighted by atomic mass is 10.1. The third-order valence-corrected chi connectivity index (χ3v) is 4.04. The zero-order valence-electron chi connectivity index (χ0n) is 13.9. The fourth-order valence-corrected chi connectivity index (χ4v) is 2.59. The van der Waals surface area contributed by atoms with Gasteiger partial charge in [0.05, 0.1) is 23.7 Å². The van der Waals surface area contributed by atoms with Crippen molar-refractivity contribution in [3.63, 3.8) is 0 Å². The summed E-state index contributed by atoms with van der Waals surface area (Å²) in [6.07, 6.45) is 2.56. The van der Waals surface area contributed by atoms with Crippen molar-refractivity contribution in [2.75, 3.05) is 6.61 Å². The van der Waals surface area contributed by atoms with Crippen LogP contribution in [-0.4, -0.2) is 16.4 Å². The fourth-order valence-electron chi connectivity index (χ4n) is 2.38. The van der Waals surface area contributed by atoms with E-state index in [1.807, 2.05) is 24.3 Å². The summed E-state index contributed by atoms with van der Waals surface area (Å²) in [5, 5.41) is 4.68. The summed E-state index contributed by atoms with van der Waals surface area (Å²) in [7, 11) is 0. The van der Waals surface area contributed by atoms with Crippen molar-refractivity contribution >= 4 is 11.6 Å². The molecule has 0 fully saturated rings. The van der Waals surface area contributed by atoms with Gasteiger partial charge in [-0.25, -0.2) is 4.79 Å². The van der Waals surface area contributed by atoms with E-state index in [9.17, 15) is 4.79 Å². The smallest absolute Gasteiger partial charge is 0.442 e. The minimum absolute atomic E-state index is 0.338. The van der Waals surface area contributed by atoms with E-state index in [0.717, 1.165) is 24.2 Å². The largest absolute Gasteiger partial charge is 0.494 e. The summed E-state index contributed by atoms with van der Waals surface area (Å²) in [4.78, 5) is 12.0. The van der Waals surface area contributed by atoms with Crippen molar-refractivity contribution in [1.29, 1.82) is 0 Å².